The second kappa shape index (κ2) is 9.84. The Morgan fingerprint density at radius 2 is 1.93 bits per heavy atom. The van der Waals surface area contributed by atoms with Crippen LogP contribution in [0.3, 0.4) is 0 Å². The number of rotatable bonds is 5. The summed E-state index contributed by atoms with van der Waals surface area (Å²) in [4.78, 5) is 17.2. The lowest BCUT2D eigenvalue weighted by molar-refractivity contribution is 0.194. The molecule has 1 aliphatic carbocycles. The summed E-state index contributed by atoms with van der Waals surface area (Å²) in [7, 11) is 2.55. The fraction of sp³-hybridized carbons (Fsp3) is 0.682. The maximum absolute atomic E-state index is 12.3. The van der Waals surface area contributed by atoms with Gasteiger partial charge < -0.3 is 15.1 Å². The van der Waals surface area contributed by atoms with Crippen LogP contribution in [0, 0.1) is 12.8 Å². The fourth-order valence-corrected chi connectivity index (χ4v) is 3.35. The molecule has 0 unspecified atom stereocenters. The van der Waals surface area contributed by atoms with Crippen molar-refractivity contribution in [3.63, 3.8) is 0 Å². The van der Waals surface area contributed by atoms with E-state index in [0.717, 1.165) is 16.2 Å². The zero-order chi connectivity index (χ0) is 29.1. The fourth-order valence-electron chi connectivity index (χ4n) is 3.10. The van der Waals surface area contributed by atoms with Crippen molar-refractivity contribution in [2.45, 2.75) is 44.9 Å². The van der Waals surface area contributed by atoms with Crippen molar-refractivity contribution in [1.82, 2.24) is 15.1 Å². The molecule has 0 aromatic heterocycles. The van der Waals surface area contributed by atoms with Gasteiger partial charge in [0.15, 0.2) is 0 Å². The Morgan fingerprint density at radius 1 is 1.25 bits per heavy atom. The van der Waals surface area contributed by atoms with Gasteiger partial charge in [0.2, 0.25) is 0 Å². The number of piperazine rings is 1. The summed E-state index contributed by atoms with van der Waals surface area (Å²) in [6.07, 6.45) is -14.2. The monoisotopic (exact) mass is 416 g/mol. The number of carbonyl (C=O) groups is 1. The Hall–Kier alpha value is -1.46. The number of nitrogens with zero attached hydrogens (tertiary/aromatic N) is 3. The number of amides is 2. The normalized spacial score (nSPS) is 41.2. The van der Waals surface area contributed by atoms with Crippen molar-refractivity contribution in [3.05, 3.63) is 28.8 Å². The first-order valence-corrected chi connectivity index (χ1v) is 9.79. The molecule has 2 aliphatic rings. The number of halogens is 1. The summed E-state index contributed by atoms with van der Waals surface area (Å²) in [6, 6.07) is 1.30. The van der Waals surface area contributed by atoms with E-state index in [1.807, 2.05) is 35.3 Å². The quantitative estimate of drug-likeness (QED) is 0.788. The zero-order valence-electron chi connectivity index (χ0n) is 26.6. The van der Waals surface area contributed by atoms with Crippen molar-refractivity contribution in [3.8, 4) is 0 Å². The number of nitrogens with one attached hydrogen (secondary N) is 1. The van der Waals surface area contributed by atoms with E-state index in [2.05, 4.69) is 4.90 Å². The van der Waals surface area contributed by atoms with Crippen LogP contribution in [0.2, 0.25) is 5.02 Å². The number of hydrogen-bond acceptors (Lipinski definition) is 3. The molecule has 3 rings (SSSR count). The summed E-state index contributed by atoms with van der Waals surface area (Å²) in [5.41, 5.74) is 1.83. The van der Waals surface area contributed by atoms with E-state index in [1.165, 1.54) is 14.1 Å². The van der Waals surface area contributed by atoms with E-state index in [0.29, 0.717) is 31.2 Å². The van der Waals surface area contributed by atoms with Crippen LogP contribution in [0.4, 0.5) is 10.5 Å². The smallest absolute Gasteiger partial charge is 0.317 e. The molecule has 0 radical (unpaired) electrons. The molecule has 1 heterocycles. The number of anilines is 1. The minimum Gasteiger partial charge on any atom is -0.368 e. The maximum Gasteiger partial charge on any atom is 0.317 e. The molecule has 5 nitrogen and oxygen atoms in total. The highest BCUT2D eigenvalue weighted by Crippen LogP contribution is 2.30. The van der Waals surface area contributed by atoms with Crippen LogP contribution in [0.5, 0.6) is 0 Å². The molecule has 1 saturated carbocycles. The van der Waals surface area contributed by atoms with Crippen LogP contribution in [0.25, 0.3) is 0 Å². The van der Waals surface area contributed by atoms with E-state index in [9.17, 15) is 4.79 Å². The van der Waals surface area contributed by atoms with Crippen LogP contribution < -0.4 is 10.2 Å². The number of urea groups is 1. The van der Waals surface area contributed by atoms with Crippen molar-refractivity contribution < 1.29 is 18.5 Å². The van der Waals surface area contributed by atoms with Gasteiger partial charge in [0.1, 0.15) is 0 Å². The highest BCUT2D eigenvalue weighted by atomic mass is 35.5. The highest BCUT2D eigenvalue weighted by Gasteiger charge is 2.24. The molecule has 1 aromatic carbocycles. The van der Waals surface area contributed by atoms with Gasteiger partial charge >= 0.3 is 6.03 Å². The minimum atomic E-state index is -3.47. The first-order chi connectivity index (χ1) is 17.2. The van der Waals surface area contributed by atoms with E-state index < -0.39 is 49.9 Å². The Balaban J connectivity index is 1.85. The van der Waals surface area contributed by atoms with Crippen molar-refractivity contribution in [1.29, 1.82) is 0 Å². The Labute approximate surface area is 189 Å². The van der Waals surface area contributed by atoms with Gasteiger partial charge in [-0.3, -0.25) is 4.90 Å². The van der Waals surface area contributed by atoms with Crippen LogP contribution in [-0.2, 0) is 0 Å². The van der Waals surface area contributed by atoms with Crippen LogP contribution >= 0.6 is 11.6 Å². The lowest BCUT2D eigenvalue weighted by Gasteiger charge is -2.37. The molecule has 0 bridgehead atoms. The van der Waals surface area contributed by atoms with E-state index in [1.54, 1.807) is 0 Å². The summed E-state index contributed by atoms with van der Waals surface area (Å²) in [5, 5.41) is 2.52. The minimum absolute atomic E-state index is 0.0130. The second-order valence-corrected chi connectivity index (χ2v) is 7.54. The molecule has 28 heavy (non-hydrogen) atoms. The molecule has 1 N–H and O–H groups in total. The van der Waals surface area contributed by atoms with Gasteiger partial charge in [-0.25, -0.2) is 4.79 Å². The molecule has 0 atom stereocenters. The molecule has 1 saturated heterocycles. The molecule has 2 amide bonds. The highest BCUT2D eigenvalue weighted by molar-refractivity contribution is 6.34. The first kappa shape index (κ1) is 11.7. The molecule has 1 aliphatic heterocycles. The van der Waals surface area contributed by atoms with Crippen molar-refractivity contribution >= 4 is 23.3 Å². The molecule has 2 fully saturated rings. The molecular weight excluding hydrogens is 372 g/mol. The standard InChI is InChI=1S/C22H35ClN4O/c1-17-5-4-6-20(21(17)23)27-15-13-26(14-16-27)12-11-18-7-9-19(10-8-18)24-22(28)25(2)3/h4-6,18-19H,7-16H2,1-3H3,(H,24,28)/i7D2,8D2,9D2,10D2,18D,19D. The summed E-state index contributed by atoms with van der Waals surface area (Å²) in [5.74, 6) is -2.92. The Morgan fingerprint density at radius 3 is 2.57 bits per heavy atom. The van der Waals surface area contributed by atoms with E-state index in [4.69, 9.17) is 25.3 Å². The second-order valence-electron chi connectivity index (χ2n) is 7.16. The van der Waals surface area contributed by atoms with Gasteiger partial charge in [0.05, 0.1) is 12.1 Å². The SMILES string of the molecule is [2H]C1([2H])C([2H])([2H])C([2H])(NC(=O)N(C)C)C([2H])([2H])C([2H])([2H])C1([2H])CCN1CCN(c2cccc(C)c2Cl)CC1. The van der Waals surface area contributed by atoms with Crippen LogP contribution in [-0.4, -0.2) is 68.7 Å². The lowest BCUT2D eigenvalue weighted by atomic mass is 9.84. The van der Waals surface area contributed by atoms with Gasteiger partial charge in [0, 0.05) is 58.6 Å². The van der Waals surface area contributed by atoms with E-state index >= 15 is 0 Å². The third kappa shape index (κ3) is 5.54. The molecule has 0 spiro atoms. The third-order valence-corrected chi connectivity index (χ3v) is 5.37. The predicted molar refractivity (Wildman–Crippen MR) is 117 cm³/mol. The van der Waals surface area contributed by atoms with Crippen LogP contribution in [0.15, 0.2) is 18.2 Å². The van der Waals surface area contributed by atoms with Gasteiger partial charge in [-0.15, -0.1) is 0 Å². The number of benzene rings is 1. The van der Waals surface area contributed by atoms with Gasteiger partial charge in [-0.05, 0) is 62.9 Å². The predicted octanol–water partition coefficient (Wildman–Crippen LogP) is 3.99. The van der Waals surface area contributed by atoms with Gasteiger partial charge in [0.25, 0.3) is 0 Å². The van der Waals surface area contributed by atoms with Gasteiger partial charge in [-0.2, -0.15) is 0 Å². The summed E-state index contributed by atoms with van der Waals surface area (Å²) >= 11 is 6.45. The topological polar surface area (TPSA) is 38.8 Å². The van der Waals surface area contributed by atoms with Crippen molar-refractivity contribution in [2.75, 3.05) is 51.7 Å². The van der Waals surface area contributed by atoms with Crippen molar-refractivity contribution in [2.24, 2.45) is 5.89 Å². The average molecular weight is 417 g/mol. The van der Waals surface area contributed by atoms with Crippen LogP contribution in [0.1, 0.15) is 51.2 Å². The number of carbonyl (C=O) groups excluding carboxylic acids is 1. The lowest BCUT2D eigenvalue weighted by Crippen LogP contribution is -2.47. The molecular formula is C22H35ClN4O. The number of aryl methyl sites for hydroxylation is 1. The largest absolute Gasteiger partial charge is 0.368 e. The number of hydrogen-bond donors (Lipinski definition) is 1. The van der Waals surface area contributed by atoms with Gasteiger partial charge in [-0.1, -0.05) is 23.7 Å². The first-order valence-electron chi connectivity index (χ1n) is 14.4. The summed E-state index contributed by atoms with van der Waals surface area (Å²) < 4.78 is 85.9. The molecule has 1 aromatic rings. The Kier molecular flexibility index (Phi) is 4.10. The molecule has 6 heteroatoms. The van der Waals surface area contributed by atoms with E-state index in [-0.39, 0.29) is 6.54 Å². The molecule has 156 valence electrons. The maximum atomic E-state index is 12.3. The third-order valence-electron chi connectivity index (χ3n) is 4.88. The zero-order valence-corrected chi connectivity index (χ0v) is 17.4. The summed E-state index contributed by atoms with van der Waals surface area (Å²) in [6.45, 7) is 4.06. The Bertz CT molecular complexity index is 1030. The average Bonchev–Trinajstić information content (AvgIpc) is 2.83.